The Balaban J connectivity index is 2.31. The molecule has 0 amide bonds. The lowest BCUT2D eigenvalue weighted by molar-refractivity contribution is 0.465. The van der Waals surface area contributed by atoms with Gasteiger partial charge in [-0.15, -0.1) is 0 Å². The third-order valence-electron chi connectivity index (χ3n) is 3.25. The van der Waals surface area contributed by atoms with Crippen molar-refractivity contribution in [2.24, 2.45) is 7.05 Å². The van der Waals surface area contributed by atoms with E-state index in [1.165, 1.54) is 17.4 Å². The van der Waals surface area contributed by atoms with Gasteiger partial charge < -0.3 is 0 Å². The Morgan fingerprint density at radius 2 is 2.00 bits per heavy atom. The number of halogens is 1. The van der Waals surface area contributed by atoms with E-state index in [9.17, 15) is 8.42 Å². The van der Waals surface area contributed by atoms with Crippen molar-refractivity contribution in [2.45, 2.75) is 18.4 Å². The highest BCUT2D eigenvalue weighted by Crippen LogP contribution is 2.24. The van der Waals surface area contributed by atoms with Crippen LogP contribution in [0, 0.1) is 6.92 Å². The lowest BCUT2D eigenvalue weighted by Crippen LogP contribution is -2.27. The van der Waals surface area contributed by atoms with Crippen molar-refractivity contribution in [2.75, 3.05) is 7.05 Å². The zero-order chi connectivity index (χ0) is 14.9. The summed E-state index contributed by atoms with van der Waals surface area (Å²) in [5.74, 6) is 0. The second kappa shape index (κ2) is 5.55. The molecule has 0 aliphatic carbocycles. The van der Waals surface area contributed by atoms with Crippen LogP contribution in [0.2, 0.25) is 5.02 Å². The zero-order valence-corrected chi connectivity index (χ0v) is 13.1. The van der Waals surface area contributed by atoms with Crippen LogP contribution in [-0.2, 0) is 23.6 Å². The van der Waals surface area contributed by atoms with E-state index in [0.29, 0.717) is 0 Å². The zero-order valence-electron chi connectivity index (χ0n) is 11.5. The number of nitrogens with zero attached hydrogens (tertiary/aromatic N) is 3. The Bertz CT molecular complexity index is 725. The van der Waals surface area contributed by atoms with Gasteiger partial charge in [0.05, 0.1) is 11.2 Å². The first-order valence-corrected chi connectivity index (χ1v) is 7.84. The van der Waals surface area contributed by atoms with Gasteiger partial charge in [-0.05, 0) is 19.1 Å². The number of benzene rings is 1. The molecule has 0 saturated carbocycles. The van der Waals surface area contributed by atoms with Crippen LogP contribution >= 0.6 is 11.6 Å². The number of hydrogen-bond acceptors (Lipinski definition) is 3. The largest absolute Gasteiger partial charge is 0.273 e. The summed E-state index contributed by atoms with van der Waals surface area (Å²) < 4.78 is 28.0. The van der Waals surface area contributed by atoms with Crippen LogP contribution in [0.25, 0.3) is 0 Å². The maximum atomic E-state index is 12.5. The van der Waals surface area contributed by atoms with E-state index in [4.69, 9.17) is 11.6 Å². The molecule has 0 bridgehead atoms. The van der Waals surface area contributed by atoms with Gasteiger partial charge in [-0.1, -0.05) is 23.7 Å². The SMILES string of the molecule is Cc1c(CN(C)S(=O)(=O)c2ccccc2Cl)cnn1C. The molecule has 1 heterocycles. The van der Waals surface area contributed by atoms with Crippen molar-refractivity contribution in [3.05, 3.63) is 46.7 Å². The molecule has 1 aromatic carbocycles. The quantitative estimate of drug-likeness (QED) is 0.869. The van der Waals surface area contributed by atoms with Crippen LogP contribution in [0.4, 0.5) is 0 Å². The van der Waals surface area contributed by atoms with Crippen LogP contribution in [0.1, 0.15) is 11.3 Å². The highest BCUT2D eigenvalue weighted by Gasteiger charge is 2.24. The molecule has 0 unspecified atom stereocenters. The number of aromatic nitrogens is 2. The summed E-state index contributed by atoms with van der Waals surface area (Å²) in [6, 6.07) is 6.43. The first-order valence-electron chi connectivity index (χ1n) is 6.02. The van der Waals surface area contributed by atoms with Crippen LogP contribution in [-0.4, -0.2) is 29.6 Å². The summed E-state index contributed by atoms with van der Waals surface area (Å²) in [5.41, 5.74) is 1.80. The molecule has 108 valence electrons. The maximum absolute atomic E-state index is 12.5. The van der Waals surface area contributed by atoms with Crippen molar-refractivity contribution in [1.82, 2.24) is 14.1 Å². The van der Waals surface area contributed by atoms with E-state index in [1.807, 2.05) is 14.0 Å². The summed E-state index contributed by atoms with van der Waals surface area (Å²) in [6.07, 6.45) is 1.67. The highest BCUT2D eigenvalue weighted by atomic mass is 35.5. The minimum atomic E-state index is -3.61. The van der Waals surface area contributed by atoms with Crippen LogP contribution in [0.5, 0.6) is 0 Å². The van der Waals surface area contributed by atoms with Crippen molar-refractivity contribution in [3.63, 3.8) is 0 Å². The molecule has 0 N–H and O–H groups in total. The molecule has 0 radical (unpaired) electrons. The molecule has 2 aromatic rings. The molecule has 0 aliphatic heterocycles. The lowest BCUT2D eigenvalue weighted by atomic mass is 10.3. The normalized spacial score (nSPS) is 12.1. The fourth-order valence-electron chi connectivity index (χ4n) is 1.85. The van der Waals surface area contributed by atoms with Gasteiger partial charge in [-0.25, -0.2) is 8.42 Å². The van der Waals surface area contributed by atoms with E-state index >= 15 is 0 Å². The third kappa shape index (κ3) is 2.72. The molecule has 7 heteroatoms. The number of aryl methyl sites for hydroxylation is 1. The topological polar surface area (TPSA) is 55.2 Å². The Morgan fingerprint density at radius 3 is 2.55 bits per heavy atom. The van der Waals surface area contributed by atoms with Gasteiger partial charge >= 0.3 is 0 Å². The van der Waals surface area contributed by atoms with Crippen molar-refractivity contribution >= 4 is 21.6 Å². The van der Waals surface area contributed by atoms with E-state index < -0.39 is 10.0 Å². The minimum Gasteiger partial charge on any atom is -0.273 e. The predicted octanol–water partition coefficient (Wildman–Crippen LogP) is 2.20. The summed E-state index contributed by atoms with van der Waals surface area (Å²) in [7, 11) is -0.257. The average Bonchev–Trinajstić information content (AvgIpc) is 2.71. The summed E-state index contributed by atoms with van der Waals surface area (Å²) >= 11 is 5.97. The summed E-state index contributed by atoms with van der Waals surface area (Å²) in [6.45, 7) is 2.16. The van der Waals surface area contributed by atoms with Crippen LogP contribution in [0.15, 0.2) is 35.4 Å². The van der Waals surface area contributed by atoms with Gasteiger partial charge in [0.15, 0.2) is 0 Å². The van der Waals surface area contributed by atoms with Crippen molar-refractivity contribution in [3.8, 4) is 0 Å². The van der Waals surface area contributed by atoms with Gasteiger partial charge in [0, 0.05) is 31.9 Å². The van der Waals surface area contributed by atoms with E-state index in [2.05, 4.69) is 5.10 Å². The van der Waals surface area contributed by atoms with Gasteiger partial charge in [-0.3, -0.25) is 4.68 Å². The maximum Gasteiger partial charge on any atom is 0.244 e. The predicted molar refractivity (Wildman–Crippen MR) is 78.0 cm³/mol. The van der Waals surface area contributed by atoms with Crippen LogP contribution in [0.3, 0.4) is 0 Å². The Morgan fingerprint density at radius 1 is 1.35 bits per heavy atom. The Kier molecular flexibility index (Phi) is 4.17. The van der Waals surface area contributed by atoms with E-state index in [0.717, 1.165) is 11.3 Å². The molecule has 0 saturated heterocycles. The minimum absolute atomic E-state index is 0.116. The second-order valence-corrected chi connectivity index (χ2v) is 6.99. The first-order chi connectivity index (χ1) is 9.34. The molecular weight excluding hydrogens is 298 g/mol. The third-order valence-corrected chi connectivity index (χ3v) is 5.56. The molecular formula is C13H16ClN3O2S. The number of rotatable bonds is 4. The Hall–Kier alpha value is -1.37. The molecule has 0 aliphatic rings. The van der Waals surface area contributed by atoms with Crippen molar-refractivity contribution in [1.29, 1.82) is 0 Å². The van der Waals surface area contributed by atoms with Crippen molar-refractivity contribution < 1.29 is 8.42 Å². The van der Waals surface area contributed by atoms with Gasteiger partial charge in [0.2, 0.25) is 10.0 Å². The standard InChI is InChI=1S/C13H16ClN3O2S/c1-10-11(8-15-17(10)3)9-16(2)20(18,19)13-7-5-4-6-12(13)14/h4-8H,9H2,1-3H3. The smallest absolute Gasteiger partial charge is 0.244 e. The summed E-state index contributed by atoms with van der Waals surface area (Å²) in [4.78, 5) is 0.116. The Labute approximate surface area is 123 Å². The average molecular weight is 314 g/mol. The lowest BCUT2D eigenvalue weighted by Gasteiger charge is -2.17. The summed E-state index contributed by atoms with van der Waals surface area (Å²) in [5, 5.41) is 4.33. The van der Waals surface area contributed by atoms with Gasteiger partial charge in [-0.2, -0.15) is 9.40 Å². The monoisotopic (exact) mass is 313 g/mol. The van der Waals surface area contributed by atoms with Gasteiger partial charge in [0.1, 0.15) is 4.90 Å². The molecule has 0 fully saturated rings. The first kappa shape index (κ1) is 15.0. The van der Waals surface area contributed by atoms with Gasteiger partial charge in [0.25, 0.3) is 0 Å². The molecule has 20 heavy (non-hydrogen) atoms. The molecule has 5 nitrogen and oxygen atoms in total. The fourth-order valence-corrected chi connectivity index (χ4v) is 3.48. The second-order valence-electron chi connectivity index (χ2n) is 4.57. The van der Waals surface area contributed by atoms with Crippen LogP contribution < -0.4 is 0 Å². The molecule has 0 spiro atoms. The van der Waals surface area contributed by atoms with E-state index in [-0.39, 0.29) is 16.5 Å². The highest BCUT2D eigenvalue weighted by molar-refractivity contribution is 7.89. The molecule has 2 rings (SSSR count). The number of sulfonamides is 1. The molecule has 0 atom stereocenters. The number of hydrogen-bond donors (Lipinski definition) is 0. The fraction of sp³-hybridized carbons (Fsp3) is 0.308. The van der Waals surface area contributed by atoms with E-state index in [1.54, 1.807) is 29.1 Å². The molecule has 1 aromatic heterocycles.